The summed E-state index contributed by atoms with van der Waals surface area (Å²) in [6.45, 7) is 1.70. The van der Waals surface area contributed by atoms with E-state index >= 15 is 4.39 Å². The van der Waals surface area contributed by atoms with E-state index in [1.807, 2.05) is 30.3 Å². The Labute approximate surface area is 200 Å². The molecule has 1 heterocycles. The Hall–Kier alpha value is -2.33. The van der Waals surface area contributed by atoms with E-state index in [0.29, 0.717) is 17.7 Å². The second-order valence-electron chi connectivity index (χ2n) is 9.21. The van der Waals surface area contributed by atoms with E-state index in [1.165, 1.54) is 12.0 Å². The highest BCUT2D eigenvalue weighted by molar-refractivity contribution is 7.89. The van der Waals surface area contributed by atoms with Crippen molar-refractivity contribution < 1.29 is 27.4 Å². The van der Waals surface area contributed by atoms with Crippen LogP contribution in [0, 0.1) is 11.2 Å². The lowest BCUT2D eigenvalue weighted by atomic mass is 9.91. The molecule has 1 unspecified atom stereocenters. The fourth-order valence-electron chi connectivity index (χ4n) is 4.95. The van der Waals surface area contributed by atoms with Gasteiger partial charge >= 0.3 is 0 Å². The van der Waals surface area contributed by atoms with Crippen molar-refractivity contribution in [1.29, 1.82) is 0 Å². The van der Waals surface area contributed by atoms with Gasteiger partial charge in [-0.25, -0.2) is 17.5 Å². The van der Waals surface area contributed by atoms with Crippen LogP contribution in [0.3, 0.4) is 0 Å². The van der Waals surface area contributed by atoms with Gasteiger partial charge in [-0.1, -0.05) is 48.5 Å². The number of carbonyl (C=O) groups is 1. The fourth-order valence-corrected chi connectivity index (χ4v) is 5.91. The number of carbonyl (C=O) groups excluding carboxylic acids is 1. The summed E-state index contributed by atoms with van der Waals surface area (Å²) < 4.78 is 48.4. The number of methoxy groups -OCH3 is 1. The third-order valence-electron chi connectivity index (χ3n) is 6.99. The summed E-state index contributed by atoms with van der Waals surface area (Å²) in [7, 11) is -2.18. The molecule has 2 N–H and O–H groups in total. The number of halogens is 1. The highest BCUT2D eigenvalue weighted by atomic mass is 32.2. The van der Waals surface area contributed by atoms with Crippen LogP contribution in [0.15, 0.2) is 48.5 Å². The summed E-state index contributed by atoms with van der Waals surface area (Å²) in [6.07, 6.45) is 0.274. The molecule has 7 nitrogen and oxygen atoms in total. The molecule has 1 spiro atoms. The molecular formula is C25H31FN2O5S. The Morgan fingerprint density at radius 3 is 2.56 bits per heavy atom. The number of ether oxygens (including phenoxy) is 1. The normalized spacial score (nSPS) is 22.2. The molecule has 0 aromatic heterocycles. The van der Waals surface area contributed by atoms with Crippen LogP contribution in [0.2, 0.25) is 0 Å². The third kappa shape index (κ3) is 4.88. The monoisotopic (exact) mass is 490 g/mol. The minimum atomic E-state index is -3.57. The van der Waals surface area contributed by atoms with Gasteiger partial charge in [0.25, 0.3) is 5.91 Å². The van der Waals surface area contributed by atoms with E-state index < -0.39 is 45.4 Å². The Morgan fingerprint density at radius 1 is 1.24 bits per heavy atom. The molecule has 9 heteroatoms. The molecule has 1 saturated carbocycles. The predicted octanol–water partition coefficient (Wildman–Crippen LogP) is 2.34. The molecule has 0 bridgehead atoms. The van der Waals surface area contributed by atoms with Crippen LogP contribution in [-0.2, 0) is 26.0 Å². The molecule has 1 aliphatic heterocycles. The van der Waals surface area contributed by atoms with E-state index in [1.54, 1.807) is 25.1 Å². The smallest absolute Gasteiger partial charge is 0.254 e. The first kappa shape index (κ1) is 24.8. The quantitative estimate of drug-likeness (QED) is 0.563. The average molecular weight is 491 g/mol. The van der Waals surface area contributed by atoms with Gasteiger partial charge in [0.1, 0.15) is 5.82 Å². The number of amides is 1. The van der Waals surface area contributed by atoms with Gasteiger partial charge in [-0.2, -0.15) is 0 Å². The van der Waals surface area contributed by atoms with Crippen LogP contribution in [0.1, 0.15) is 25.3 Å². The van der Waals surface area contributed by atoms with Gasteiger partial charge in [0.15, 0.2) is 6.10 Å². The topological polar surface area (TPSA) is 95.9 Å². The average Bonchev–Trinajstić information content (AvgIpc) is 3.56. The second kappa shape index (κ2) is 9.73. The number of nitrogens with one attached hydrogen (secondary N) is 1. The van der Waals surface area contributed by atoms with Crippen LogP contribution < -0.4 is 4.72 Å². The summed E-state index contributed by atoms with van der Waals surface area (Å²) in [6, 6.07) is 13.1. The Bertz CT molecular complexity index is 1140. The summed E-state index contributed by atoms with van der Waals surface area (Å²) in [4.78, 5) is 14.7. The van der Waals surface area contributed by atoms with Crippen molar-refractivity contribution in [2.75, 3.05) is 26.0 Å². The number of likely N-dealkylation sites (tertiary alicyclic amines) is 1. The molecule has 184 valence electrons. The standard InChI is InChI=1S/C25H31FN2O5S/c1-3-34(31,32)27-23-20(28(16-25(23)12-13-25)24(30)21(29)15-33-2)14-18-10-7-11-19(22(18)26)17-8-5-4-6-9-17/h4-11,20-21,23,27,29H,3,12-16H2,1-2H3/t20-,21?,23+/m0/s1. The molecule has 2 fully saturated rings. The lowest BCUT2D eigenvalue weighted by Gasteiger charge is -2.30. The van der Waals surface area contributed by atoms with Crippen LogP contribution >= 0.6 is 0 Å². The molecule has 4 rings (SSSR count). The maximum atomic E-state index is 15.6. The van der Waals surface area contributed by atoms with Gasteiger partial charge in [0.2, 0.25) is 10.0 Å². The minimum Gasteiger partial charge on any atom is -0.381 e. The number of hydrogen-bond acceptors (Lipinski definition) is 5. The highest BCUT2D eigenvalue weighted by Gasteiger charge is 2.61. The first-order valence-corrected chi connectivity index (χ1v) is 13.2. The summed E-state index contributed by atoms with van der Waals surface area (Å²) >= 11 is 0. The van der Waals surface area contributed by atoms with Gasteiger partial charge in [-0.3, -0.25) is 4.79 Å². The predicted molar refractivity (Wildman–Crippen MR) is 127 cm³/mol. The molecule has 1 saturated heterocycles. The first-order chi connectivity index (χ1) is 16.2. The van der Waals surface area contributed by atoms with E-state index in [0.717, 1.165) is 18.4 Å². The maximum Gasteiger partial charge on any atom is 0.254 e. The van der Waals surface area contributed by atoms with E-state index in [4.69, 9.17) is 4.74 Å². The Morgan fingerprint density at radius 2 is 1.94 bits per heavy atom. The minimum absolute atomic E-state index is 0.0929. The summed E-state index contributed by atoms with van der Waals surface area (Å²) in [5.41, 5.74) is 1.17. The van der Waals surface area contributed by atoms with Crippen molar-refractivity contribution in [2.24, 2.45) is 5.41 Å². The lowest BCUT2D eigenvalue weighted by Crippen LogP contribution is -2.52. The van der Waals surface area contributed by atoms with Crippen LogP contribution in [0.25, 0.3) is 11.1 Å². The molecule has 34 heavy (non-hydrogen) atoms. The van der Waals surface area contributed by atoms with Gasteiger partial charge < -0.3 is 14.7 Å². The van der Waals surface area contributed by atoms with Crippen LogP contribution in [0.5, 0.6) is 0 Å². The SMILES string of the molecule is CCS(=O)(=O)N[C@@H]1[C@H](Cc2cccc(-c3ccccc3)c2F)N(C(=O)C(O)COC)CC12CC2. The second-order valence-corrected chi connectivity index (χ2v) is 11.3. The van der Waals surface area contributed by atoms with Crippen molar-refractivity contribution in [3.8, 4) is 11.1 Å². The van der Waals surface area contributed by atoms with Crippen molar-refractivity contribution in [3.05, 3.63) is 59.9 Å². The maximum absolute atomic E-state index is 15.6. The van der Waals surface area contributed by atoms with Crippen LogP contribution in [0.4, 0.5) is 4.39 Å². The molecule has 1 aliphatic carbocycles. The number of benzene rings is 2. The lowest BCUT2D eigenvalue weighted by molar-refractivity contribution is -0.143. The van der Waals surface area contributed by atoms with Gasteiger partial charge in [-0.15, -0.1) is 0 Å². The summed E-state index contributed by atoms with van der Waals surface area (Å²) in [5.74, 6) is -1.02. The zero-order valence-electron chi connectivity index (χ0n) is 19.4. The molecule has 1 amide bonds. The molecule has 2 aromatic carbocycles. The van der Waals surface area contributed by atoms with Gasteiger partial charge in [0, 0.05) is 30.7 Å². The van der Waals surface area contributed by atoms with Crippen LogP contribution in [-0.4, -0.2) is 68.5 Å². The number of aliphatic hydroxyl groups excluding tert-OH is 1. The number of sulfonamides is 1. The largest absolute Gasteiger partial charge is 0.381 e. The number of hydrogen-bond donors (Lipinski definition) is 2. The third-order valence-corrected chi connectivity index (χ3v) is 8.37. The fraction of sp³-hybridized carbons (Fsp3) is 0.480. The van der Waals surface area contributed by atoms with Crippen molar-refractivity contribution >= 4 is 15.9 Å². The highest BCUT2D eigenvalue weighted by Crippen LogP contribution is 2.55. The first-order valence-electron chi connectivity index (χ1n) is 11.5. The van der Waals surface area contributed by atoms with Gasteiger partial charge in [-0.05, 0) is 37.3 Å². The van der Waals surface area contributed by atoms with Crippen molar-refractivity contribution in [1.82, 2.24) is 9.62 Å². The molecule has 2 aromatic rings. The zero-order chi connectivity index (χ0) is 24.5. The number of aliphatic hydroxyl groups is 1. The zero-order valence-corrected chi connectivity index (χ0v) is 20.2. The Balaban J connectivity index is 1.71. The summed E-state index contributed by atoms with van der Waals surface area (Å²) in [5, 5.41) is 10.3. The molecular weight excluding hydrogens is 459 g/mol. The van der Waals surface area contributed by atoms with Crippen molar-refractivity contribution in [3.63, 3.8) is 0 Å². The van der Waals surface area contributed by atoms with E-state index in [2.05, 4.69) is 4.72 Å². The van der Waals surface area contributed by atoms with Gasteiger partial charge in [0.05, 0.1) is 18.4 Å². The Kier molecular flexibility index (Phi) is 7.09. The number of nitrogens with zero attached hydrogens (tertiary/aromatic N) is 1. The molecule has 0 radical (unpaired) electrons. The van der Waals surface area contributed by atoms with E-state index in [-0.39, 0.29) is 18.8 Å². The van der Waals surface area contributed by atoms with Crippen molar-refractivity contribution in [2.45, 2.75) is 44.4 Å². The molecule has 3 atom stereocenters. The number of rotatable bonds is 9. The molecule has 2 aliphatic rings. The van der Waals surface area contributed by atoms with E-state index in [9.17, 15) is 18.3 Å².